The molecule has 2 aromatic heterocycles. The van der Waals surface area contributed by atoms with Gasteiger partial charge in [0.05, 0.1) is 16.4 Å². The molecule has 4 heteroatoms. The first-order valence-electron chi connectivity index (χ1n) is 22.1. The van der Waals surface area contributed by atoms with E-state index >= 15 is 0 Å². The van der Waals surface area contributed by atoms with Crippen LogP contribution in [0.25, 0.3) is 99.9 Å². The maximum absolute atomic E-state index is 9.41. The van der Waals surface area contributed by atoms with E-state index in [1.165, 1.54) is 6.07 Å². The number of rotatable bonds is 5. The Hall–Kier alpha value is -6.91. The Morgan fingerprint density at radius 2 is 1.10 bits per heavy atom. The molecule has 0 unspecified atom stereocenters. The van der Waals surface area contributed by atoms with Crippen LogP contribution in [-0.2, 0) is 0 Å². The SMILES string of the molecule is [2H]c1ccccc1-c1cc2oc3ccc([2H])c(-c4nc(-c5c([2H])c([2H])c([2H])c([2H])c5[2H])nc(-c5c([2H])c([2H])c(-c6cc7ccccc7c7ccccc67)c([2H])c5[2H])n4)c3c2cc1[2H]. The van der Waals surface area contributed by atoms with Crippen LogP contribution in [0.2, 0.25) is 0 Å². The molecule has 0 saturated carbocycles. The van der Waals surface area contributed by atoms with Crippen LogP contribution in [0, 0.1) is 0 Å². The van der Waals surface area contributed by atoms with Crippen LogP contribution in [0.1, 0.15) is 16.4 Å². The van der Waals surface area contributed by atoms with Crippen molar-refractivity contribution >= 4 is 43.5 Å². The van der Waals surface area contributed by atoms with Crippen LogP contribution < -0.4 is 0 Å². The highest BCUT2D eigenvalue weighted by molar-refractivity contribution is 6.14. The highest BCUT2D eigenvalue weighted by Crippen LogP contribution is 2.39. The molecule has 0 spiro atoms. The average molecular weight is 664 g/mol. The summed E-state index contributed by atoms with van der Waals surface area (Å²) in [5.41, 5.74) is 1.35. The maximum Gasteiger partial charge on any atom is 0.164 e. The van der Waals surface area contributed by atoms with E-state index in [9.17, 15) is 6.85 Å². The van der Waals surface area contributed by atoms with Crippen molar-refractivity contribution in [1.82, 2.24) is 15.0 Å². The summed E-state index contributed by atoms with van der Waals surface area (Å²) in [6, 6.07) is 25.1. The second-order valence-electron chi connectivity index (χ2n) is 11.8. The summed E-state index contributed by atoms with van der Waals surface area (Å²) in [7, 11) is 0. The number of fused-ring (bicyclic) bond motifs is 6. The molecule has 238 valence electrons. The molecule has 10 rings (SSSR count). The number of benzene rings is 8. The van der Waals surface area contributed by atoms with Crippen molar-refractivity contribution in [2.75, 3.05) is 0 Å². The maximum atomic E-state index is 9.41. The third kappa shape index (κ3) is 5.04. The summed E-state index contributed by atoms with van der Waals surface area (Å²) in [5, 5.41) is 4.06. The van der Waals surface area contributed by atoms with Gasteiger partial charge < -0.3 is 4.42 Å². The first-order chi connectivity index (χ1) is 30.2. The van der Waals surface area contributed by atoms with Crippen LogP contribution in [0.4, 0.5) is 0 Å². The molecule has 4 nitrogen and oxygen atoms in total. The Labute approximate surface area is 311 Å². The number of nitrogens with zero attached hydrogens (tertiary/aromatic N) is 3. The molecule has 0 N–H and O–H groups in total. The van der Waals surface area contributed by atoms with Gasteiger partial charge in [-0.15, -0.1) is 0 Å². The van der Waals surface area contributed by atoms with E-state index in [2.05, 4.69) is 9.97 Å². The largest absolute Gasteiger partial charge is 0.456 e. The van der Waals surface area contributed by atoms with Crippen molar-refractivity contribution in [2.24, 2.45) is 0 Å². The Bertz CT molecular complexity index is 3570. The molecule has 0 radical (unpaired) electrons. The Balaban J connectivity index is 1.26. The van der Waals surface area contributed by atoms with Gasteiger partial charge in [-0.1, -0.05) is 151 Å². The van der Waals surface area contributed by atoms with Crippen LogP contribution in [-0.4, -0.2) is 15.0 Å². The third-order valence-electron chi connectivity index (χ3n) is 8.83. The summed E-state index contributed by atoms with van der Waals surface area (Å²) in [4.78, 5) is 13.8. The van der Waals surface area contributed by atoms with E-state index < -0.39 is 71.6 Å². The fraction of sp³-hybridized carbons (Fsp3) is 0. The Morgan fingerprint density at radius 1 is 0.392 bits per heavy atom. The average Bonchev–Trinajstić information content (AvgIpc) is 3.64. The lowest BCUT2D eigenvalue weighted by Crippen LogP contribution is -2.00. The first-order valence-corrected chi connectivity index (χ1v) is 16.1. The Morgan fingerprint density at radius 3 is 1.92 bits per heavy atom. The molecule has 0 amide bonds. The van der Waals surface area contributed by atoms with E-state index in [-0.39, 0.29) is 46.2 Å². The van der Waals surface area contributed by atoms with Gasteiger partial charge in [-0.2, -0.15) is 0 Å². The first kappa shape index (κ1) is 19.3. The molecule has 2 heterocycles. The van der Waals surface area contributed by atoms with Crippen molar-refractivity contribution in [3.8, 4) is 56.4 Å². The van der Waals surface area contributed by atoms with E-state index in [4.69, 9.17) is 19.0 Å². The summed E-state index contributed by atoms with van der Waals surface area (Å²) < 4.78 is 113. The van der Waals surface area contributed by atoms with E-state index in [1.807, 2.05) is 54.6 Å². The summed E-state index contributed by atoms with van der Waals surface area (Å²) in [5.74, 6) is -1.10. The lowest BCUT2D eigenvalue weighted by atomic mass is 9.93. The molecule has 8 aromatic carbocycles. The highest BCUT2D eigenvalue weighted by Gasteiger charge is 2.18. The van der Waals surface area contributed by atoms with E-state index in [1.54, 1.807) is 42.5 Å². The topological polar surface area (TPSA) is 51.8 Å². The molecule has 0 aliphatic carbocycles. The fourth-order valence-corrected chi connectivity index (χ4v) is 6.49. The normalized spacial score (nSPS) is 14.8. The van der Waals surface area contributed by atoms with Gasteiger partial charge in [0.2, 0.25) is 0 Å². The molecular formula is C47H29N3O. The fourth-order valence-electron chi connectivity index (χ4n) is 6.49. The highest BCUT2D eigenvalue weighted by atomic mass is 16.3. The van der Waals surface area contributed by atoms with Crippen molar-refractivity contribution in [1.29, 1.82) is 0 Å². The van der Waals surface area contributed by atoms with Gasteiger partial charge in [-0.05, 0) is 68.1 Å². The van der Waals surface area contributed by atoms with Gasteiger partial charge in [0.25, 0.3) is 0 Å². The number of hydrogen-bond donors (Lipinski definition) is 0. The zero-order chi connectivity index (χ0) is 44.2. The molecule has 0 bridgehead atoms. The lowest BCUT2D eigenvalue weighted by Gasteiger charge is -2.12. The predicted molar refractivity (Wildman–Crippen MR) is 209 cm³/mol. The zero-order valence-electron chi connectivity index (χ0n) is 38.6. The van der Waals surface area contributed by atoms with Gasteiger partial charge in [0.1, 0.15) is 11.2 Å². The van der Waals surface area contributed by atoms with Gasteiger partial charge in [-0.25, -0.2) is 15.0 Å². The zero-order valence-corrected chi connectivity index (χ0v) is 26.6. The molecule has 0 fully saturated rings. The number of aromatic nitrogens is 3. The third-order valence-corrected chi connectivity index (χ3v) is 8.83. The molecule has 0 aliphatic rings. The van der Waals surface area contributed by atoms with Gasteiger partial charge in [0, 0.05) is 27.5 Å². The summed E-state index contributed by atoms with van der Waals surface area (Å²) >= 11 is 0. The minimum Gasteiger partial charge on any atom is -0.456 e. The minimum absolute atomic E-state index is 0.0394. The van der Waals surface area contributed by atoms with Crippen molar-refractivity contribution in [2.45, 2.75) is 0 Å². The molecule has 0 atom stereocenters. The lowest BCUT2D eigenvalue weighted by molar-refractivity contribution is 0.669. The van der Waals surface area contributed by atoms with Crippen LogP contribution >= 0.6 is 0 Å². The number of hydrogen-bond acceptors (Lipinski definition) is 4. The van der Waals surface area contributed by atoms with Crippen LogP contribution in [0.5, 0.6) is 0 Å². The van der Waals surface area contributed by atoms with Gasteiger partial charge in [-0.3, -0.25) is 0 Å². The van der Waals surface area contributed by atoms with Crippen LogP contribution in [0.3, 0.4) is 0 Å². The molecule has 51 heavy (non-hydrogen) atoms. The standard InChI is InChI=1S/C47H29N3O/c1-3-12-30(13-4-1)34-26-27-39-43(29-34)51-42-21-11-20-40(44(39)42)47-49-45(32-14-5-2-6-15-32)48-46(50-47)33-24-22-31(23-25-33)41-28-35-16-7-8-17-36(35)37-18-9-10-19-38(37)41/h1-29H/i2D,5D,6D,12D,14D,15D,20D,22D,23D,24D,25D,26D. The quantitative estimate of drug-likeness (QED) is 0.172. The van der Waals surface area contributed by atoms with Crippen molar-refractivity contribution in [3.63, 3.8) is 0 Å². The van der Waals surface area contributed by atoms with Gasteiger partial charge >= 0.3 is 0 Å². The summed E-state index contributed by atoms with van der Waals surface area (Å²) in [6.45, 7) is 0. The minimum atomic E-state index is -0.664. The predicted octanol–water partition coefficient (Wildman–Crippen LogP) is 12.4. The van der Waals surface area contributed by atoms with Gasteiger partial charge in [0.15, 0.2) is 17.5 Å². The van der Waals surface area contributed by atoms with Crippen molar-refractivity contribution in [3.05, 3.63) is 176 Å². The summed E-state index contributed by atoms with van der Waals surface area (Å²) in [6.07, 6.45) is 0. The smallest absolute Gasteiger partial charge is 0.164 e. The molecule has 0 aliphatic heterocycles. The second kappa shape index (κ2) is 11.9. The Kier molecular flexibility index (Phi) is 4.51. The van der Waals surface area contributed by atoms with Crippen LogP contribution in [0.15, 0.2) is 180 Å². The van der Waals surface area contributed by atoms with E-state index in [0.717, 1.165) is 16.2 Å². The second-order valence-corrected chi connectivity index (χ2v) is 11.8. The van der Waals surface area contributed by atoms with Crippen molar-refractivity contribution < 1.29 is 20.9 Å². The monoisotopic (exact) mass is 663 g/mol. The van der Waals surface area contributed by atoms with E-state index in [0.29, 0.717) is 38.4 Å². The molecular weight excluding hydrogens is 623 g/mol. The number of furan rings is 1. The molecule has 10 aromatic rings. The molecule has 0 saturated heterocycles.